The molecule has 2 N–H and O–H groups in total. The molecule has 0 spiro atoms. The Morgan fingerprint density at radius 2 is 1.88 bits per heavy atom. The topological polar surface area (TPSA) is 92.5 Å². The minimum Gasteiger partial charge on any atom is -0.486 e. The van der Waals surface area contributed by atoms with Crippen LogP contribution < -0.4 is 9.46 Å². The van der Waals surface area contributed by atoms with E-state index in [1.807, 2.05) is 37.3 Å². The Balaban J connectivity index is 1.44. The third-order valence-corrected chi connectivity index (χ3v) is 7.86. The van der Waals surface area contributed by atoms with Gasteiger partial charge in [-0.05, 0) is 59.9 Å². The first kappa shape index (κ1) is 30.4. The van der Waals surface area contributed by atoms with Gasteiger partial charge in [-0.2, -0.15) is 0 Å². The van der Waals surface area contributed by atoms with Crippen LogP contribution in [0.15, 0.2) is 60.7 Å². The van der Waals surface area contributed by atoms with Crippen molar-refractivity contribution < 1.29 is 26.4 Å². The number of imidazole rings is 1. The number of amides is 1. The van der Waals surface area contributed by atoms with E-state index in [9.17, 15) is 12.6 Å². The SMILES string of the molecule is CCOC(=O)N1Cc2nc(C(=N)c3ccc(-c4cc(F)c(OCc5ccccc5)cc4CC)cc3NSF)n(SF)c2C1. The number of carbonyl (C=O) groups excluding carboxylic acids is 1. The van der Waals surface area contributed by atoms with E-state index < -0.39 is 11.9 Å². The van der Waals surface area contributed by atoms with Gasteiger partial charge in [0.2, 0.25) is 0 Å². The normalized spacial score (nSPS) is 12.3. The standard InChI is InChI=1S/C30H28F3N5O3S2/c1-3-19-13-27(41-17-18-8-6-5-7-9-18)23(31)14-22(19)20-10-11-21(24(12-20)36-42-32)28(34)29-35-25-15-37(30(39)40-4-2)16-26(25)38(29)43-33/h5-14,34,36H,3-4,15-17H2,1-2H3. The van der Waals surface area contributed by atoms with Crippen LogP contribution in [0.25, 0.3) is 11.1 Å². The largest absolute Gasteiger partial charge is 0.486 e. The number of nitrogens with one attached hydrogen (secondary N) is 2. The third kappa shape index (κ3) is 6.32. The summed E-state index contributed by atoms with van der Waals surface area (Å²) in [5.74, 6) is -0.394. The molecule has 43 heavy (non-hydrogen) atoms. The molecule has 3 aromatic carbocycles. The summed E-state index contributed by atoms with van der Waals surface area (Å²) < 4.78 is 57.4. The molecule has 5 rings (SSSR count). The number of nitrogens with zero attached hydrogens (tertiary/aromatic N) is 3. The zero-order valence-electron chi connectivity index (χ0n) is 23.3. The van der Waals surface area contributed by atoms with Gasteiger partial charge < -0.3 is 14.2 Å². The summed E-state index contributed by atoms with van der Waals surface area (Å²) in [6, 6.07) is 17.4. The summed E-state index contributed by atoms with van der Waals surface area (Å²) in [6.45, 7) is 4.25. The van der Waals surface area contributed by atoms with Gasteiger partial charge in [-0.25, -0.2) is 18.1 Å². The average Bonchev–Trinajstić information content (AvgIpc) is 3.59. The minimum atomic E-state index is -0.539. The van der Waals surface area contributed by atoms with Crippen LogP contribution in [0.2, 0.25) is 0 Å². The summed E-state index contributed by atoms with van der Waals surface area (Å²) in [7, 11) is 0. The number of carbonyl (C=O) groups is 1. The zero-order valence-corrected chi connectivity index (χ0v) is 25.0. The van der Waals surface area contributed by atoms with Crippen LogP contribution >= 0.6 is 24.7 Å². The number of aromatic nitrogens is 2. The lowest BCUT2D eigenvalue weighted by atomic mass is 9.95. The van der Waals surface area contributed by atoms with Gasteiger partial charge in [0.05, 0.1) is 36.8 Å². The molecule has 1 aliphatic rings. The molecule has 0 saturated carbocycles. The van der Waals surface area contributed by atoms with Crippen LogP contribution in [-0.4, -0.2) is 32.3 Å². The first-order valence-electron chi connectivity index (χ1n) is 13.5. The van der Waals surface area contributed by atoms with E-state index in [0.29, 0.717) is 28.9 Å². The maximum Gasteiger partial charge on any atom is 0.410 e. The quantitative estimate of drug-likeness (QED) is 0.128. The summed E-state index contributed by atoms with van der Waals surface area (Å²) >= 11 is -0.289. The number of rotatable bonds is 11. The van der Waals surface area contributed by atoms with Crippen molar-refractivity contribution in [1.29, 1.82) is 5.41 Å². The van der Waals surface area contributed by atoms with Crippen molar-refractivity contribution in [2.45, 2.75) is 40.0 Å². The van der Waals surface area contributed by atoms with Crippen molar-refractivity contribution in [3.05, 3.63) is 100 Å². The van der Waals surface area contributed by atoms with Gasteiger partial charge >= 0.3 is 6.09 Å². The molecule has 0 unspecified atom stereocenters. The molecular weight excluding hydrogens is 599 g/mol. The monoisotopic (exact) mass is 627 g/mol. The number of ether oxygens (including phenoxy) is 2. The van der Waals surface area contributed by atoms with Crippen LogP contribution in [0.3, 0.4) is 0 Å². The fourth-order valence-electron chi connectivity index (χ4n) is 4.94. The lowest BCUT2D eigenvalue weighted by Gasteiger charge is -2.17. The fourth-order valence-corrected chi connectivity index (χ4v) is 5.63. The maximum absolute atomic E-state index is 15.2. The van der Waals surface area contributed by atoms with Crippen LogP contribution in [0.5, 0.6) is 5.75 Å². The highest BCUT2D eigenvalue weighted by atomic mass is 32.2. The van der Waals surface area contributed by atoms with Crippen molar-refractivity contribution in [3.63, 3.8) is 0 Å². The molecule has 4 aromatic rings. The summed E-state index contributed by atoms with van der Waals surface area (Å²) in [6.07, 6.45) is 0.0444. The summed E-state index contributed by atoms with van der Waals surface area (Å²) in [4.78, 5) is 18.0. The smallest absolute Gasteiger partial charge is 0.410 e. The van der Waals surface area contributed by atoms with Crippen LogP contribution in [0, 0.1) is 11.2 Å². The lowest BCUT2D eigenvalue weighted by molar-refractivity contribution is 0.106. The molecule has 2 heterocycles. The highest BCUT2D eigenvalue weighted by molar-refractivity contribution is 7.95. The number of hydrogen-bond donors (Lipinski definition) is 2. The number of hydrogen-bond acceptors (Lipinski definition) is 8. The Morgan fingerprint density at radius 3 is 2.58 bits per heavy atom. The number of benzene rings is 3. The Labute approximate surface area is 256 Å². The third-order valence-electron chi connectivity index (χ3n) is 7.04. The maximum atomic E-state index is 15.2. The van der Waals surface area contributed by atoms with Gasteiger partial charge in [-0.1, -0.05) is 43.3 Å². The molecule has 0 atom stereocenters. The molecule has 1 aromatic heterocycles. The van der Waals surface area contributed by atoms with E-state index in [1.165, 1.54) is 11.0 Å². The summed E-state index contributed by atoms with van der Waals surface area (Å²) in [5.41, 5.74) is 4.13. The van der Waals surface area contributed by atoms with E-state index in [4.69, 9.17) is 14.9 Å². The van der Waals surface area contributed by atoms with Gasteiger partial charge in [0.25, 0.3) is 0 Å². The molecule has 224 valence electrons. The minimum absolute atomic E-state index is 0.0147. The van der Waals surface area contributed by atoms with E-state index in [0.717, 1.165) is 15.1 Å². The molecule has 1 aliphatic heterocycles. The van der Waals surface area contributed by atoms with E-state index in [-0.39, 0.29) is 79.5 Å². The molecule has 8 nitrogen and oxygen atoms in total. The van der Waals surface area contributed by atoms with E-state index in [1.54, 1.807) is 31.2 Å². The van der Waals surface area contributed by atoms with E-state index in [2.05, 4.69) is 9.71 Å². The second-order valence-electron chi connectivity index (χ2n) is 9.63. The Morgan fingerprint density at radius 1 is 1.09 bits per heavy atom. The van der Waals surface area contributed by atoms with Gasteiger partial charge in [0, 0.05) is 5.56 Å². The van der Waals surface area contributed by atoms with E-state index >= 15 is 4.39 Å². The Bertz CT molecular complexity index is 1650. The van der Waals surface area contributed by atoms with Gasteiger partial charge in [-0.3, -0.25) is 10.3 Å². The zero-order chi connectivity index (χ0) is 30.5. The Hall–Kier alpha value is -4.10. The predicted octanol–water partition coefficient (Wildman–Crippen LogP) is 8.04. The van der Waals surface area contributed by atoms with Crippen molar-refractivity contribution in [2.24, 2.45) is 0 Å². The highest BCUT2D eigenvalue weighted by Gasteiger charge is 2.33. The molecule has 0 saturated heterocycles. The molecule has 1 amide bonds. The molecule has 0 radical (unpaired) electrons. The van der Waals surface area contributed by atoms with Gasteiger partial charge in [0.1, 0.15) is 12.3 Å². The number of halogens is 3. The fraction of sp³-hybridized carbons (Fsp3) is 0.233. The first-order valence-corrected chi connectivity index (χ1v) is 14.8. The molecule has 0 fully saturated rings. The Kier molecular flexibility index (Phi) is 9.51. The molecule has 0 bridgehead atoms. The lowest BCUT2D eigenvalue weighted by Crippen LogP contribution is -2.27. The van der Waals surface area contributed by atoms with Gasteiger partial charge in [-0.15, -0.1) is 7.77 Å². The van der Waals surface area contributed by atoms with Crippen molar-refractivity contribution in [1.82, 2.24) is 13.9 Å². The molecular formula is C30H28F3N5O3S2. The second-order valence-corrected chi connectivity index (χ2v) is 10.5. The van der Waals surface area contributed by atoms with Crippen molar-refractivity contribution in [3.8, 4) is 16.9 Å². The van der Waals surface area contributed by atoms with Crippen LogP contribution in [0.4, 0.5) is 22.6 Å². The predicted molar refractivity (Wildman–Crippen MR) is 163 cm³/mol. The number of aryl methyl sites for hydroxylation is 1. The second kappa shape index (κ2) is 13.5. The summed E-state index contributed by atoms with van der Waals surface area (Å²) in [5, 5.41) is 8.86. The molecule has 13 heteroatoms. The molecule has 0 aliphatic carbocycles. The van der Waals surface area contributed by atoms with Crippen molar-refractivity contribution in [2.75, 3.05) is 11.3 Å². The number of fused-ring (bicyclic) bond motifs is 1. The highest BCUT2D eigenvalue weighted by Crippen LogP contribution is 2.36. The van der Waals surface area contributed by atoms with Crippen LogP contribution in [-0.2, 0) is 30.9 Å². The van der Waals surface area contributed by atoms with Crippen LogP contribution in [0.1, 0.15) is 47.8 Å². The average molecular weight is 628 g/mol. The number of anilines is 1. The first-order chi connectivity index (χ1) is 20.9. The van der Waals surface area contributed by atoms with Gasteiger partial charge in [0.15, 0.2) is 42.1 Å². The van der Waals surface area contributed by atoms with Crippen molar-refractivity contribution >= 4 is 42.2 Å².